The van der Waals surface area contributed by atoms with Crippen LogP contribution in [0, 0.1) is 11.8 Å². The predicted molar refractivity (Wildman–Crippen MR) is 48.3 cm³/mol. The molecule has 0 heterocycles. The van der Waals surface area contributed by atoms with E-state index < -0.39 is 0 Å². The summed E-state index contributed by atoms with van der Waals surface area (Å²) in [4.78, 5) is 0. The summed E-state index contributed by atoms with van der Waals surface area (Å²) in [7, 11) is 0. The standard InChI is InChI=1S/C11H16/c1-8-6-10-4-3-5-11(10)7-9(8)2/h4-5,8-9H,3,6-7H2,1-2H3. The smallest absolute Gasteiger partial charge is 0.0157 e. The van der Waals surface area contributed by atoms with Crippen molar-refractivity contribution in [3.05, 3.63) is 23.3 Å². The average Bonchev–Trinajstić information content (AvgIpc) is 2.36. The van der Waals surface area contributed by atoms with E-state index in [-0.39, 0.29) is 0 Å². The zero-order valence-corrected chi connectivity index (χ0v) is 7.43. The molecular formula is C11H16. The minimum Gasteiger partial charge on any atom is -0.0772 e. The molecular weight excluding hydrogens is 132 g/mol. The highest BCUT2D eigenvalue weighted by Crippen LogP contribution is 2.39. The highest BCUT2D eigenvalue weighted by Gasteiger charge is 2.24. The highest BCUT2D eigenvalue weighted by atomic mass is 14.3. The monoisotopic (exact) mass is 148 g/mol. The molecule has 0 spiro atoms. The summed E-state index contributed by atoms with van der Waals surface area (Å²) in [6.45, 7) is 4.75. The number of rotatable bonds is 0. The van der Waals surface area contributed by atoms with Crippen molar-refractivity contribution in [2.45, 2.75) is 33.1 Å². The van der Waals surface area contributed by atoms with Gasteiger partial charge in [0.25, 0.3) is 0 Å². The molecule has 11 heavy (non-hydrogen) atoms. The van der Waals surface area contributed by atoms with Gasteiger partial charge < -0.3 is 0 Å². The molecule has 2 atom stereocenters. The van der Waals surface area contributed by atoms with Gasteiger partial charge in [-0.25, -0.2) is 0 Å². The summed E-state index contributed by atoms with van der Waals surface area (Å²) < 4.78 is 0. The molecule has 2 unspecified atom stereocenters. The van der Waals surface area contributed by atoms with E-state index in [0.717, 1.165) is 11.8 Å². The fourth-order valence-electron chi connectivity index (χ4n) is 2.13. The van der Waals surface area contributed by atoms with Crippen LogP contribution in [0.15, 0.2) is 23.3 Å². The zero-order valence-electron chi connectivity index (χ0n) is 7.43. The molecule has 0 aromatic carbocycles. The fraction of sp³-hybridized carbons (Fsp3) is 0.636. The largest absolute Gasteiger partial charge is 0.0772 e. The highest BCUT2D eigenvalue weighted by molar-refractivity contribution is 5.39. The lowest BCUT2D eigenvalue weighted by Gasteiger charge is -2.28. The van der Waals surface area contributed by atoms with Crippen LogP contribution in [-0.2, 0) is 0 Å². The Hall–Kier alpha value is -0.520. The summed E-state index contributed by atoms with van der Waals surface area (Å²) in [5.41, 5.74) is 3.30. The molecule has 0 heteroatoms. The molecule has 2 rings (SSSR count). The Balaban J connectivity index is 2.19. The van der Waals surface area contributed by atoms with E-state index in [1.54, 1.807) is 11.1 Å². The van der Waals surface area contributed by atoms with Crippen molar-refractivity contribution >= 4 is 0 Å². The predicted octanol–water partition coefficient (Wildman–Crippen LogP) is 3.31. The van der Waals surface area contributed by atoms with Crippen molar-refractivity contribution in [3.8, 4) is 0 Å². The maximum absolute atomic E-state index is 2.40. The second-order valence-corrected chi connectivity index (χ2v) is 4.06. The maximum atomic E-state index is 2.40. The quantitative estimate of drug-likeness (QED) is 0.494. The summed E-state index contributed by atoms with van der Waals surface area (Å²) >= 11 is 0. The SMILES string of the molecule is CC1CC2=CCC=C2CC1C. The van der Waals surface area contributed by atoms with Gasteiger partial charge in [0.05, 0.1) is 0 Å². The number of allylic oxidation sites excluding steroid dienone is 4. The molecule has 0 bridgehead atoms. The van der Waals surface area contributed by atoms with Gasteiger partial charge in [0, 0.05) is 0 Å². The van der Waals surface area contributed by atoms with Gasteiger partial charge in [0.1, 0.15) is 0 Å². The lowest BCUT2D eigenvalue weighted by molar-refractivity contribution is 0.360. The summed E-state index contributed by atoms with van der Waals surface area (Å²) in [5, 5.41) is 0. The van der Waals surface area contributed by atoms with Gasteiger partial charge in [-0.1, -0.05) is 26.0 Å². The fourth-order valence-corrected chi connectivity index (χ4v) is 2.13. The lowest BCUT2D eigenvalue weighted by atomic mass is 9.77. The van der Waals surface area contributed by atoms with Crippen molar-refractivity contribution in [2.24, 2.45) is 11.8 Å². The van der Waals surface area contributed by atoms with Gasteiger partial charge in [-0.3, -0.25) is 0 Å². The first-order valence-electron chi connectivity index (χ1n) is 4.66. The molecule has 2 aliphatic carbocycles. The number of hydrogen-bond acceptors (Lipinski definition) is 0. The van der Waals surface area contributed by atoms with Crippen LogP contribution in [0.2, 0.25) is 0 Å². The molecule has 1 saturated carbocycles. The summed E-state index contributed by atoms with van der Waals surface area (Å²) in [5.74, 6) is 1.80. The van der Waals surface area contributed by atoms with E-state index in [9.17, 15) is 0 Å². The molecule has 60 valence electrons. The van der Waals surface area contributed by atoms with Crippen LogP contribution < -0.4 is 0 Å². The van der Waals surface area contributed by atoms with E-state index in [0.29, 0.717) is 0 Å². The van der Waals surface area contributed by atoms with Crippen LogP contribution in [0.5, 0.6) is 0 Å². The van der Waals surface area contributed by atoms with Crippen molar-refractivity contribution in [1.82, 2.24) is 0 Å². The van der Waals surface area contributed by atoms with Crippen LogP contribution in [0.1, 0.15) is 33.1 Å². The van der Waals surface area contributed by atoms with E-state index in [4.69, 9.17) is 0 Å². The Kier molecular flexibility index (Phi) is 1.63. The first kappa shape index (κ1) is 7.15. The van der Waals surface area contributed by atoms with Crippen LogP contribution in [0.25, 0.3) is 0 Å². The van der Waals surface area contributed by atoms with Crippen LogP contribution in [0.4, 0.5) is 0 Å². The Bertz CT molecular complexity index is 196. The van der Waals surface area contributed by atoms with Gasteiger partial charge in [-0.05, 0) is 42.2 Å². The molecule has 0 N–H and O–H groups in total. The minimum atomic E-state index is 0.900. The van der Waals surface area contributed by atoms with E-state index in [1.165, 1.54) is 19.3 Å². The molecule has 0 aromatic heterocycles. The van der Waals surface area contributed by atoms with E-state index >= 15 is 0 Å². The molecule has 0 radical (unpaired) electrons. The van der Waals surface area contributed by atoms with Crippen molar-refractivity contribution in [1.29, 1.82) is 0 Å². The molecule has 0 aliphatic heterocycles. The Morgan fingerprint density at radius 1 is 1.00 bits per heavy atom. The summed E-state index contributed by atoms with van der Waals surface area (Å²) in [6.07, 6.45) is 8.65. The third kappa shape index (κ3) is 1.15. The van der Waals surface area contributed by atoms with E-state index in [2.05, 4.69) is 26.0 Å². The van der Waals surface area contributed by atoms with Crippen LogP contribution in [-0.4, -0.2) is 0 Å². The van der Waals surface area contributed by atoms with Crippen LogP contribution >= 0.6 is 0 Å². The van der Waals surface area contributed by atoms with Crippen molar-refractivity contribution < 1.29 is 0 Å². The van der Waals surface area contributed by atoms with Gasteiger partial charge in [0.2, 0.25) is 0 Å². The molecule has 0 amide bonds. The molecule has 0 nitrogen and oxygen atoms in total. The molecule has 0 saturated heterocycles. The average molecular weight is 148 g/mol. The number of hydrogen-bond donors (Lipinski definition) is 0. The molecule has 1 fully saturated rings. The lowest BCUT2D eigenvalue weighted by Crippen LogP contribution is -2.15. The second-order valence-electron chi connectivity index (χ2n) is 4.06. The van der Waals surface area contributed by atoms with E-state index in [1.807, 2.05) is 0 Å². The van der Waals surface area contributed by atoms with Crippen molar-refractivity contribution in [3.63, 3.8) is 0 Å². The normalized spacial score (nSPS) is 36.2. The first-order chi connectivity index (χ1) is 5.27. The third-order valence-electron chi connectivity index (χ3n) is 3.20. The van der Waals surface area contributed by atoms with Crippen molar-refractivity contribution in [2.75, 3.05) is 0 Å². The minimum absolute atomic E-state index is 0.900. The second kappa shape index (κ2) is 2.51. The van der Waals surface area contributed by atoms with Gasteiger partial charge in [-0.2, -0.15) is 0 Å². The third-order valence-corrected chi connectivity index (χ3v) is 3.20. The maximum Gasteiger partial charge on any atom is -0.0157 e. The summed E-state index contributed by atoms with van der Waals surface area (Å²) in [6, 6.07) is 0. The Labute approximate surface area is 69.0 Å². The molecule has 2 aliphatic rings. The number of fused-ring (bicyclic) bond motifs is 1. The Morgan fingerprint density at radius 2 is 1.45 bits per heavy atom. The van der Waals surface area contributed by atoms with Crippen LogP contribution in [0.3, 0.4) is 0 Å². The van der Waals surface area contributed by atoms with Gasteiger partial charge in [0.15, 0.2) is 0 Å². The van der Waals surface area contributed by atoms with Gasteiger partial charge >= 0.3 is 0 Å². The first-order valence-corrected chi connectivity index (χ1v) is 4.66. The molecule has 0 aromatic rings. The topological polar surface area (TPSA) is 0 Å². The zero-order chi connectivity index (χ0) is 7.84. The van der Waals surface area contributed by atoms with Gasteiger partial charge in [-0.15, -0.1) is 0 Å². The Morgan fingerprint density at radius 3 is 1.91 bits per heavy atom.